The lowest BCUT2D eigenvalue weighted by molar-refractivity contribution is 0.484. The van der Waals surface area contributed by atoms with E-state index in [4.69, 9.17) is 10.3 Å². The first-order valence-electron chi connectivity index (χ1n) is 5.71. The largest absolute Gasteiger partial charge is 0.412 e. The Kier molecular flexibility index (Phi) is 5.13. The zero-order valence-corrected chi connectivity index (χ0v) is 11.9. The van der Waals surface area contributed by atoms with Gasteiger partial charge in [0, 0.05) is 6.20 Å². The number of nitrogen functional groups attached to an aromatic ring is 1. The van der Waals surface area contributed by atoms with Crippen LogP contribution in [0, 0.1) is 0 Å². The highest BCUT2D eigenvalue weighted by Crippen LogP contribution is 2.22. The summed E-state index contributed by atoms with van der Waals surface area (Å²) in [6, 6.07) is 3.70. The van der Waals surface area contributed by atoms with Crippen LogP contribution in [-0.2, 0) is 10.1 Å². The van der Waals surface area contributed by atoms with E-state index in [-0.39, 0.29) is 11.2 Å². The second-order valence-corrected chi connectivity index (χ2v) is 5.61. The molecular formula is C11H15N5O4S. The lowest BCUT2D eigenvalue weighted by atomic mass is 10.3. The number of fused-ring (bicyclic) bond motifs is 3. The summed E-state index contributed by atoms with van der Waals surface area (Å²) < 4.78 is 26.9. The number of nitrogens with zero attached hydrogens (tertiary/aromatic N) is 3. The van der Waals surface area contributed by atoms with Crippen molar-refractivity contribution in [2.45, 2.75) is 6.92 Å². The molecule has 0 radical (unpaired) electrons. The lowest BCUT2D eigenvalue weighted by Crippen LogP contribution is -1.97. The van der Waals surface area contributed by atoms with Gasteiger partial charge in [-0.2, -0.15) is 8.42 Å². The summed E-state index contributed by atoms with van der Waals surface area (Å²) in [5.74, 6) is 0.231. The molecule has 9 nitrogen and oxygen atoms in total. The molecule has 0 spiro atoms. The first-order valence-corrected chi connectivity index (χ1v) is 7.31. The quantitative estimate of drug-likeness (QED) is 0.537. The minimum absolute atomic E-state index is 0. The van der Waals surface area contributed by atoms with Crippen LogP contribution in [0.1, 0.15) is 6.92 Å². The fourth-order valence-corrected chi connectivity index (χ4v) is 1.53. The van der Waals surface area contributed by atoms with Crippen LogP contribution in [-0.4, -0.2) is 44.1 Å². The molecule has 114 valence electrons. The van der Waals surface area contributed by atoms with Crippen LogP contribution in [0.25, 0.3) is 22.1 Å². The maximum atomic E-state index is 9.56. The molecule has 0 saturated carbocycles. The highest BCUT2D eigenvalue weighted by Gasteiger charge is 2.07. The number of imidazole rings is 1. The molecule has 0 amide bonds. The Bertz CT molecular complexity index is 846. The van der Waals surface area contributed by atoms with E-state index < -0.39 is 10.1 Å². The van der Waals surface area contributed by atoms with Crippen LogP contribution >= 0.6 is 0 Å². The smallest absolute Gasteiger partial charge is 0.264 e. The van der Waals surface area contributed by atoms with Gasteiger partial charge in [0.2, 0.25) is 0 Å². The highest BCUT2D eigenvalue weighted by molar-refractivity contribution is 7.85. The molecular weight excluding hydrogens is 298 g/mol. The van der Waals surface area contributed by atoms with Crippen LogP contribution in [0.5, 0.6) is 0 Å². The van der Waals surface area contributed by atoms with E-state index in [0.717, 1.165) is 16.6 Å². The van der Waals surface area contributed by atoms with Crippen LogP contribution in [0.2, 0.25) is 0 Å². The van der Waals surface area contributed by atoms with E-state index in [1.54, 1.807) is 12.5 Å². The van der Waals surface area contributed by atoms with Gasteiger partial charge >= 0.3 is 0 Å². The minimum atomic E-state index is -3.66. The van der Waals surface area contributed by atoms with E-state index in [1.807, 2.05) is 12.1 Å². The molecule has 10 heteroatoms. The predicted molar refractivity (Wildman–Crippen MR) is 79.3 cm³/mol. The summed E-state index contributed by atoms with van der Waals surface area (Å²) >= 11 is 0. The van der Waals surface area contributed by atoms with Crippen molar-refractivity contribution in [3.05, 3.63) is 24.7 Å². The number of hydrogen-bond donors (Lipinski definition) is 3. The van der Waals surface area contributed by atoms with Crippen molar-refractivity contribution in [3.63, 3.8) is 0 Å². The average molecular weight is 313 g/mol. The monoisotopic (exact) mass is 313 g/mol. The third-order valence-electron chi connectivity index (χ3n) is 2.51. The van der Waals surface area contributed by atoms with Crippen LogP contribution in [0.15, 0.2) is 24.7 Å². The zero-order chi connectivity index (χ0) is 14.8. The second-order valence-electron chi connectivity index (χ2n) is 3.86. The summed E-state index contributed by atoms with van der Waals surface area (Å²) in [6.07, 6.45) is 3.32. The number of pyridine rings is 2. The molecule has 0 bridgehead atoms. The van der Waals surface area contributed by atoms with Crippen LogP contribution in [0.4, 0.5) is 5.82 Å². The molecule has 6 N–H and O–H groups in total. The Morgan fingerprint density at radius 2 is 2.00 bits per heavy atom. The third kappa shape index (κ3) is 3.84. The average Bonchev–Trinajstić information content (AvgIpc) is 2.89. The Labute approximate surface area is 120 Å². The molecule has 0 aliphatic heterocycles. The number of rotatable bonds is 1. The van der Waals surface area contributed by atoms with Gasteiger partial charge in [0.05, 0.1) is 23.1 Å². The molecule has 0 saturated heterocycles. The number of nitrogens with two attached hydrogens (primary N) is 1. The van der Waals surface area contributed by atoms with Crippen molar-refractivity contribution >= 4 is 38.0 Å². The molecule has 0 aliphatic rings. The van der Waals surface area contributed by atoms with Crippen molar-refractivity contribution in [1.82, 2.24) is 19.9 Å². The van der Waals surface area contributed by atoms with E-state index in [1.165, 1.54) is 6.92 Å². The number of anilines is 1. The number of aromatic nitrogens is 4. The molecule has 0 atom stereocenters. The normalized spacial score (nSPS) is 10.8. The Balaban J connectivity index is 0.000000275. The van der Waals surface area contributed by atoms with Crippen LogP contribution in [0.3, 0.4) is 0 Å². The summed E-state index contributed by atoms with van der Waals surface area (Å²) in [5.41, 5.74) is 8.84. The lowest BCUT2D eigenvalue weighted by Gasteiger charge is -1.99. The Morgan fingerprint density at radius 3 is 2.62 bits per heavy atom. The summed E-state index contributed by atoms with van der Waals surface area (Å²) in [7, 11) is -3.66. The maximum Gasteiger partial charge on any atom is 0.264 e. The molecule has 3 aromatic heterocycles. The van der Waals surface area contributed by atoms with E-state index >= 15 is 0 Å². The SMILES string of the molecule is CCS(=O)(=O)O.Nc1nc2cccnc2c2[nH]cnc12.O. The van der Waals surface area contributed by atoms with Crippen molar-refractivity contribution in [2.75, 3.05) is 11.5 Å². The highest BCUT2D eigenvalue weighted by atomic mass is 32.2. The van der Waals surface area contributed by atoms with Gasteiger partial charge in [-0.15, -0.1) is 0 Å². The van der Waals surface area contributed by atoms with Gasteiger partial charge in [0.25, 0.3) is 10.1 Å². The first kappa shape index (κ1) is 16.8. The van der Waals surface area contributed by atoms with Gasteiger partial charge in [-0.3, -0.25) is 9.54 Å². The van der Waals surface area contributed by atoms with E-state index in [9.17, 15) is 8.42 Å². The molecule has 0 aliphatic carbocycles. The van der Waals surface area contributed by atoms with Gasteiger partial charge in [0.15, 0.2) is 5.82 Å². The molecule has 3 heterocycles. The van der Waals surface area contributed by atoms with Gasteiger partial charge in [0.1, 0.15) is 11.0 Å². The summed E-state index contributed by atoms with van der Waals surface area (Å²) in [6.45, 7) is 1.37. The third-order valence-corrected chi connectivity index (χ3v) is 3.24. The molecule has 0 fully saturated rings. The maximum absolute atomic E-state index is 9.56. The summed E-state index contributed by atoms with van der Waals surface area (Å²) in [5, 5.41) is 0. The number of aromatic amines is 1. The van der Waals surface area contributed by atoms with Gasteiger partial charge < -0.3 is 16.2 Å². The Morgan fingerprint density at radius 1 is 1.33 bits per heavy atom. The number of hydrogen-bond acceptors (Lipinski definition) is 6. The van der Waals surface area contributed by atoms with Gasteiger partial charge in [-0.25, -0.2) is 9.97 Å². The van der Waals surface area contributed by atoms with Gasteiger partial charge in [-0.05, 0) is 19.1 Å². The second kappa shape index (κ2) is 6.43. The number of nitrogens with one attached hydrogen (secondary N) is 1. The molecule has 3 aromatic rings. The Hall–Kier alpha value is -2.30. The van der Waals surface area contributed by atoms with Crippen LogP contribution < -0.4 is 5.73 Å². The zero-order valence-electron chi connectivity index (χ0n) is 11.1. The molecule has 3 rings (SSSR count). The first-order chi connectivity index (χ1) is 9.42. The molecule has 0 aromatic carbocycles. The van der Waals surface area contributed by atoms with Crippen molar-refractivity contribution in [2.24, 2.45) is 0 Å². The fourth-order valence-electron chi connectivity index (χ4n) is 1.53. The van der Waals surface area contributed by atoms with Crippen molar-refractivity contribution < 1.29 is 18.4 Å². The molecule has 0 unspecified atom stereocenters. The standard InChI is InChI=1S/C9H7N5.C2H6O3S.H2O/c10-9-8-7(12-4-13-8)6-5(14-9)2-1-3-11-6;1-2-6(3,4)5;/h1-4H,(H2,10,14)(H,12,13);2H2,1H3,(H,3,4,5);1H2. The van der Waals surface area contributed by atoms with E-state index in [2.05, 4.69) is 19.9 Å². The van der Waals surface area contributed by atoms with Crippen molar-refractivity contribution in [1.29, 1.82) is 0 Å². The molecule has 21 heavy (non-hydrogen) atoms. The number of H-pyrrole nitrogens is 1. The minimum Gasteiger partial charge on any atom is -0.412 e. The fraction of sp³-hybridized carbons (Fsp3) is 0.182. The predicted octanol–water partition coefficient (Wildman–Crippen LogP) is 0.158. The van der Waals surface area contributed by atoms with Crippen molar-refractivity contribution in [3.8, 4) is 0 Å². The van der Waals surface area contributed by atoms with Gasteiger partial charge in [-0.1, -0.05) is 0 Å². The topological polar surface area (TPSA) is 166 Å². The van der Waals surface area contributed by atoms with E-state index in [0.29, 0.717) is 11.3 Å². The summed E-state index contributed by atoms with van der Waals surface area (Å²) in [4.78, 5) is 15.5.